The third-order valence-electron chi connectivity index (χ3n) is 2.15. The van der Waals surface area contributed by atoms with E-state index in [0.717, 1.165) is 0 Å². The van der Waals surface area contributed by atoms with Gasteiger partial charge in [0.2, 0.25) is 0 Å². The molecule has 0 fully saturated rings. The van der Waals surface area contributed by atoms with Gasteiger partial charge in [0.05, 0.1) is 18.7 Å². The molecular formula is C10H14N2O4. The Hall–Kier alpha value is -1.98. The molecule has 0 saturated carbocycles. The molecule has 3 N–H and O–H groups in total. The summed E-state index contributed by atoms with van der Waals surface area (Å²) < 4.78 is 5.06. The second kappa shape index (κ2) is 5.20. The maximum atomic E-state index is 11.1. The number of carboxylic acid groups (broad SMARTS) is 1. The maximum Gasteiger partial charge on any atom is 0.315 e. The fraction of sp³-hybridized carbons (Fsp3) is 0.400. The van der Waals surface area contributed by atoms with Gasteiger partial charge < -0.3 is 20.2 Å². The molecule has 1 aromatic heterocycles. The summed E-state index contributed by atoms with van der Waals surface area (Å²) in [6, 6.07) is 2.72. The Morgan fingerprint density at radius 3 is 2.75 bits per heavy atom. The highest BCUT2D eigenvalue weighted by Crippen LogP contribution is 2.08. The zero-order valence-corrected chi connectivity index (χ0v) is 8.92. The molecule has 1 aromatic rings. The molecule has 2 amide bonds. The number of carbonyl (C=O) groups is 2. The summed E-state index contributed by atoms with van der Waals surface area (Å²) in [5, 5.41) is 8.74. The van der Waals surface area contributed by atoms with Gasteiger partial charge in [0, 0.05) is 6.54 Å². The molecule has 6 heteroatoms. The van der Waals surface area contributed by atoms with Crippen molar-refractivity contribution in [1.82, 2.24) is 4.90 Å². The number of nitrogens with two attached hydrogens (primary N) is 1. The fourth-order valence-corrected chi connectivity index (χ4v) is 1.23. The SMILES string of the molecule is CC(CN(Cc1ccco1)C(N)=O)C(=O)O. The van der Waals surface area contributed by atoms with Crippen LogP contribution in [0, 0.1) is 5.92 Å². The predicted octanol–water partition coefficient (Wildman–Crippen LogP) is 0.881. The van der Waals surface area contributed by atoms with Crippen molar-refractivity contribution < 1.29 is 19.1 Å². The zero-order valence-electron chi connectivity index (χ0n) is 8.92. The Morgan fingerprint density at radius 2 is 2.31 bits per heavy atom. The number of hydrogen-bond donors (Lipinski definition) is 2. The normalized spacial score (nSPS) is 12.1. The largest absolute Gasteiger partial charge is 0.481 e. The monoisotopic (exact) mass is 226 g/mol. The molecule has 1 heterocycles. The molecule has 0 radical (unpaired) electrons. The fourth-order valence-electron chi connectivity index (χ4n) is 1.23. The number of hydrogen-bond acceptors (Lipinski definition) is 3. The van der Waals surface area contributed by atoms with Crippen LogP contribution < -0.4 is 5.73 Å². The van der Waals surface area contributed by atoms with E-state index in [9.17, 15) is 9.59 Å². The van der Waals surface area contributed by atoms with E-state index in [1.54, 1.807) is 12.1 Å². The summed E-state index contributed by atoms with van der Waals surface area (Å²) in [6.07, 6.45) is 1.48. The molecular weight excluding hydrogens is 212 g/mol. The van der Waals surface area contributed by atoms with Gasteiger partial charge in [0.1, 0.15) is 5.76 Å². The molecule has 0 aromatic carbocycles. The summed E-state index contributed by atoms with van der Waals surface area (Å²) in [6.45, 7) is 1.76. The van der Waals surface area contributed by atoms with Gasteiger partial charge in [-0.2, -0.15) is 0 Å². The molecule has 0 bridgehead atoms. The smallest absolute Gasteiger partial charge is 0.315 e. The van der Waals surface area contributed by atoms with Gasteiger partial charge in [-0.1, -0.05) is 6.92 Å². The Morgan fingerprint density at radius 1 is 1.62 bits per heavy atom. The first kappa shape index (κ1) is 12.1. The lowest BCUT2D eigenvalue weighted by molar-refractivity contribution is -0.141. The first-order valence-corrected chi connectivity index (χ1v) is 4.80. The quantitative estimate of drug-likeness (QED) is 0.778. The number of aliphatic carboxylic acids is 1. The van der Waals surface area contributed by atoms with E-state index in [-0.39, 0.29) is 13.1 Å². The predicted molar refractivity (Wildman–Crippen MR) is 55.5 cm³/mol. The molecule has 1 atom stereocenters. The molecule has 0 aliphatic rings. The maximum absolute atomic E-state index is 11.1. The van der Waals surface area contributed by atoms with Crippen LogP contribution in [-0.4, -0.2) is 28.6 Å². The second-order valence-electron chi connectivity index (χ2n) is 3.54. The Kier molecular flexibility index (Phi) is 3.93. The highest BCUT2D eigenvalue weighted by molar-refractivity contribution is 5.74. The molecule has 0 aliphatic carbocycles. The first-order valence-electron chi connectivity index (χ1n) is 4.80. The van der Waals surface area contributed by atoms with Crippen molar-refractivity contribution in [3.63, 3.8) is 0 Å². The Balaban J connectivity index is 2.61. The van der Waals surface area contributed by atoms with E-state index in [4.69, 9.17) is 15.3 Å². The van der Waals surface area contributed by atoms with E-state index in [1.165, 1.54) is 18.1 Å². The van der Waals surface area contributed by atoms with Crippen molar-refractivity contribution in [2.24, 2.45) is 11.7 Å². The van der Waals surface area contributed by atoms with E-state index >= 15 is 0 Å². The van der Waals surface area contributed by atoms with Crippen molar-refractivity contribution in [2.45, 2.75) is 13.5 Å². The van der Waals surface area contributed by atoms with Crippen molar-refractivity contribution in [3.8, 4) is 0 Å². The van der Waals surface area contributed by atoms with Crippen LogP contribution in [0.1, 0.15) is 12.7 Å². The van der Waals surface area contributed by atoms with Gasteiger partial charge in [-0.15, -0.1) is 0 Å². The summed E-state index contributed by atoms with van der Waals surface area (Å²) >= 11 is 0. The van der Waals surface area contributed by atoms with Crippen molar-refractivity contribution in [2.75, 3.05) is 6.54 Å². The number of primary amides is 1. The van der Waals surface area contributed by atoms with E-state index in [1.807, 2.05) is 0 Å². The van der Waals surface area contributed by atoms with Crippen LogP contribution in [0.3, 0.4) is 0 Å². The Bertz CT molecular complexity index is 361. The number of carboxylic acids is 1. The van der Waals surface area contributed by atoms with Crippen molar-refractivity contribution in [1.29, 1.82) is 0 Å². The topological polar surface area (TPSA) is 96.8 Å². The van der Waals surface area contributed by atoms with Gasteiger partial charge >= 0.3 is 12.0 Å². The minimum atomic E-state index is -0.967. The highest BCUT2D eigenvalue weighted by atomic mass is 16.4. The Labute approximate surface area is 92.6 Å². The minimum absolute atomic E-state index is 0.0609. The molecule has 16 heavy (non-hydrogen) atoms. The van der Waals surface area contributed by atoms with Crippen LogP contribution in [0.4, 0.5) is 4.79 Å². The van der Waals surface area contributed by atoms with Crippen molar-refractivity contribution in [3.05, 3.63) is 24.2 Å². The number of furan rings is 1. The molecule has 6 nitrogen and oxygen atoms in total. The number of carbonyl (C=O) groups excluding carboxylic acids is 1. The van der Waals surface area contributed by atoms with Crippen LogP contribution >= 0.6 is 0 Å². The zero-order chi connectivity index (χ0) is 12.1. The first-order chi connectivity index (χ1) is 7.50. The minimum Gasteiger partial charge on any atom is -0.481 e. The molecule has 0 saturated heterocycles. The third-order valence-corrected chi connectivity index (χ3v) is 2.15. The molecule has 0 spiro atoms. The number of urea groups is 1. The van der Waals surface area contributed by atoms with Gasteiger partial charge in [-0.25, -0.2) is 4.79 Å². The standard InChI is InChI=1S/C10H14N2O4/c1-7(9(13)14)5-12(10(11)15)6-8-3-2-4-16-8/h2-4,7H,5-6H2,1H3,(H2,11,15)(H,13,14). The van der Waals surface area contributed by atoms with Gasteiger partial charge in [0.15, 0.2) is 0 Å². The number of rotatable bonds is 5. The van der Waals surface area contributed by atoms with Crippen LogP contribution in [0.25, 0.3) is 0 Å². The van der Waals surface area contributed by atoms with Crippen LogP contribution in [0.15, 0.2) is 22.8 Å². The number of nitrogens with zero attached hydrogens (tertiary/aromatic N) is 1. The summed E-state index contributed by atoms with van der Waals surface area (Å²) in [5.74, 6) is -1.07. The summed E-state index contributed by atoms with van der Waals surface area (Å²) in [4.78, 5) is 23.0. The lowest BCUT2D eigenvalue weighted by Gasteiger charge is -2.21. The summed E-state index contributed by atoms with van der Waals surface area (Å²) in [5.41, 5.74) is 5.15. The van der Waals surface area contributed by atoms with E-state index < -0.39 is 17.9 Å². The van der Waals surface area contributed by atoms with Crippen molar-refractivity contribution >= 4 is 12.0 Å². The van der Waals surface area contributed by atoms with Gasteiger partial charge in [0.25, 0.3) is 0 Å². The average Bonchev–Trinajstić information content (AvgIpc) is 2.68. The molecule has 1 rings (SSSR count). The average molecular weight is 226 g/mol. The van der Waals surface area contributed by atoms with Gasteiger partial charge in [-0.3, -0.25) is 4.79 Å². The molecule has 0 aliphatic heterocycles. The van der Waals surface area contributed by atoms with Crippen LogP contribution in [0.5, 0.6) is 0 Å². The van der Waals surface area contributed by atoms with Gasteiger partial charge in [-0.05, 0) is 12.1 Å². The highest BCUT2D eigenvalue weighted by Gasteiger charge is 2.19. The van der Waals surface area contributed by atoms with Crippen LogP contribution in [-0.2, 0) is 11.3 Å². The number of amides is 2. The van der Waals surface area contributed by atoms with E-state index in [0.29, 0.717) is 5.76 Å². The third kappa shape index (κ3) is 3.30. The molecule has 88 valence electrons. The lowest BCUT2D eigenvalue weighted by atomic mass is 10.2. The summed E-state index contributed by atoms with van der Waals surface area (Å²) in [7, 11) is 0. The van der Waals surface area contributed by atoms with Crippen LogP contribution in [0.2, 0.25) is 0 Å². The second-order valence-corrected chi connectivity index (χ2v) is 3.54. The molecule has 1 unspecified atom stereocenters. The van der Waals surface area contributed by atoms with E-state index in [2.05, 4.69) is 0 Å². The lowest BCUT2D eigenvalue weighted by Crippen LogP contribution is -2.39.